The number of pyridine rings is 1. The van der Waals surface area contributed by atoms with Crippen LogP contribution in [0, 0.1) is 10.8 Å². The van der Waals surface area contributed by atoms with Crippen molar-refractivity contribution in [3.63, 3.8) is 0 Å². The van der Waals surface area contributed by atoms with Crippen molar-refractivity contribution in [1.29, 1.82) is 10.8 Å². The van der Waals surface area contributed by atoms with E-state index < -0.39 is 10.8 Å². The van der Waals surface area contributed by atoms with Crippen molar-refractivity contribution in [3.05, 3.63) is 382 Å². The minimum atomic E-state index is -0.509. The Kier molecular flexibility index (Phi) is 11.9. The first-order valence-electron chi connectivity index (χ1n) is 33.4. The minimum absolute atomic E-state index is 0.299. The number of imidazole rings is 1. The van der Waals surface area contributed by atoms with Crippen LogP contribution >= 0.6 is 0 Å². The topological polar surface area (TPSA) is 83.5 Å². The average molecular weight is 1240 g/mol. The van der Waals surface area contributed by atoms with E-state index >= 15 is 0 Å². The zero-order chi connectivity index (χ0) is 64.1. The predicted molar refractivity (Wildman–Crippen MR) is 394 cm³/mol. The molecule has 4 heterocycles. The molecule has 5 aliphatic rings. The summed E-state index contributed by atoms with van der Waals surface area (Å²) >= 11 is 0. The smallest absolute Gasteiger partial charge is 0.146 e. The van der Waals surface area contributed by atoms with Crippen molar-refractivity contribution in [2.75, 3.05) is 0 Å². The molecule has 15 aromatic rings. The number of hydrogen-bond acceptors (Lipinski definition) is 5. The molecule has 2 spiro atoms. The number of nitrogens with zero attached hydrogens (tertiary/aromatic N) is 2. The summed E-state index contributed by atoms with van der Waals surface area (Å²) in [6.07, 6.45) is 8.59. The van der Waals surface area contributed by atoms with Gasteiger partial charge in [-0.3, -0.25) is 9.81 Å². The molecule has 0 radical (unpaired) electrons. The number of hydrogen-bond donors (Lipinski definition) is 2. The molecule has 0 fully saturated rings. The first-order chi connectivity index (χ1) is 47.9. The highest BCUT2D eigenvalue weighted by molar-refractivity contribution is 6.34. The van der Waals surface area contributed by atoms with Gasteiger partial charge in [0, 0.05) is 44.2 Å². The van der Waals surface area contributed by atoms with Gasteiger partial charge in [0.15, 0.2) is 0 Å². The van der Waals surface area contributed by atoms with Gasteiger partial charge in [-0.1, -0.05) is 261 Å². The van der Waals surface area contributed by atoms with Crippen LogP contribution in [0.25, 0.3) is 94.0 Å². The lowest BCUT2D eigenvalue weighted by molar-refractivity contribution is 0.436. The number of fused-ring (bicyclic) bond motifs is 25. The largest absolute Gasteiger partial charge is 0.457 e. The molecule has 0 saturated heterocycles. The van der Waals surface area contributed by atoms with E-state index in [2.05, 4.69) is 265 Å². The molecule has 20 rings (SSSR count). The molecule has 6 nitrogen and oxygen atoms in total. The Bertz CT molecular complexity index is 6000. The van der Waals surface area contributed by atoms with Crippen LogP contribution in [0.2, 0.25) is 0 Å². The maximum Gasteiger partial charge on any atom is 0.146 e. The van der Waals surface area contributed by atoms with Crippen LogP contribution in [-0.4, -0.2) is 20.8 Å². The van der Waals surface area contributed by atoms with Crippen LogP contribution in [-0.2, 0) is 10.8 Å². The van der Waals surface area contributed by atoms with Gasteiger partial charge in [-0.15, -0.1) is 0 Å². The van der Waals surface area contributed by atoms with Crippen LogP contribution in [0.3, 0.4) is 0 Å². The Labute approximate surface area is 560 Å². The van der Waals surface area contributed by atoms with Crippen molar-refractivity contribution >= 4 is 60.9 Å². The zero-order valence-corrected chi connectivity index (χ0v) is 52.6. The third-order valence-electron chi connectivity index (χ3n) is 21.3. The fourth-order valence-electron chi connectivity index (χ4n) is 17.1. The number of rotatable bonds is 8. The second-order valence-electron chi connectivity index (χ2n) is 26.2. The molecule has 97 heavy (non-hydrogen) atoms. The number of aromatic nitrogens is 2. The normalized spacial score (nSPS) is 15.7. The van der Waals surface area contributed by atoms with Gasteiger partial charge in [0.1, 0.15) is 28.6 Å². The quantitative estimate of drug-likeness (QED) is 0.117. The number of benzene rings is 13. The molecule has 454 valence electrons. The van der Waals surface area contributed by atoms with Crippen molar-refractivity contribution in [2.24, 2.45) is 0 Å². The summed E-state index contributed by atoms with van der Waals surface area (Å²) in [4.78, 5) is 5.38. The van der Waals surface area contributed by atoms with E-state index in [-0.39, 0.29) is 0 Å². The Hall–Kier alpha value is -12.5. The number of para-hydroxylation sites is 4. The fourth-order valence-corrected chi connectivity index (χ4v) is 17.1. The highest BCUT2D eigenvalue weighted by Gasteiger charge is 2.53. The van der Waals surface area contributed by atoms with Gasteiger partial charge in [-0.25, -0.2) is 4.98 Å². The van der Waals surface area contributed by atoms with E-state index in [1.165, 1.54) is 50.1 Å². The van der Waals surface area contributed by atoms with Crippen LogP contribution in [0.5, 0.6) is 23.0 Å². The SMILES string of the molecule is N=C(/C=C(\C(=N)c1ccccc1)c1ccc2c3ccc(-c4ccc(-c5ccc6c(c5)Oc5ccccc5C65c6ccccc6-c6ccccc65)cc4)cc3n3c4ccccc4nc3c2c1)c1ccc(-c2ccc3c(c2)Oc2ccccc2C32C3=C(CCC=C3)c3ccccc32)cc1. The van der Waals surface area contributed by atoms with Crippen molar-refractivity contribution in [3.8, 4) is 67.5 Å². The monoisotopic (exact) mass is 1240 g/mol. The second-order valence-corrected chi connectivity index (χ2v) is 26.2. The van der Waals surface area contributed by atoms with Gasteiger partial charge >= 0.3 is 0 Å². The molecule has 0 bridgehead atoms. The number of nitrogens with one attached hydrogen (secondary N) is 2. The van der Waals surface area contributed by atoms with Crippen LogP contribution in [0.1, 0.15) is 74.0 Å². The molecule has 2 aromatic heterocycles. The Morgan fingerprint density at radius 2 is 0.876 bits per heavy atom. The fraction of sp³-hybridized carbons (Fsp3) is 0.0440. The molecule has 2 aliphatic heterocycles. The third-order valence-corrected chi connectivity index (χ3v) is 21.3. The first kappa shape index (κ1) is 55.0. The van der Waals surface area contributed by atoms with Crippen LogP contribution < -0.4 is 9.47 Å². The maximum atomic E-state index is 9.88. The summed E-state index contributed by atoms with van der Waals surface area (Å²) in [5.41, 5.74) is 27.9. The van der Waals surface area contributed by atoms with E-state index in [9.17, 15) is 10.8 Å². The van der Waals surface area contributed by atoms with E-state index in [1.807, 2.05) is 54.6 Å². The number of ether oxygens (including phenoxy) is 2. The first-order valence-corrected chi connectivity index (χ1v) is 33.4. The number of allylic oxidation sites excluding steroid dienone is 6. The summed E-state index contributed by atoms with van der Waals surface area (Å²) in [6, 6.07) is 106. The van der Waals surface area contributed by atoms with E-state index in [0.29, 0.717) is 17.0 Å². The standard InChI is InChI=1S/C91H58N4O2/c92-80(58-40-38-57(39-41-58)62-45-49-79-87(53-62)97-85-33-17-13-29-77(85)91(79)74-26-10-6-22-67(74)68-23-7-11-27-75(68)91)54-70(88(93)59-18-2-1-3-19-59)63-43-46-64-69-47-42-60(51-83(69)95-82-31-15-14-30-81(82)94-89(95)71(64)50-63)55-34-36-56(37-35-55)61-44-48-78-86(52-61)96-84-32-16-12-28-76(84)90(78)72-24-8-4-20-65(72)66-21-5-9-25-73(66)90/h1-6,8-22,24-54,92-93H,7,23H2/b70-54-,92-80?,93-88?. The van der Waals surface area contributed by atoms with Gasteiger partial charge in [0.05, 0.1) is 38.8 Å². The molecule has 0 saturated carbocycles. The highest BCUT2D eigenvalue weighted by Crippen LogP contribution is 2.64. The molecule has 2 N–H and O–H groups in total. The van der Waals surface area contributed by atoms with E-state index in [4.69, 9.17) is 14.5 Å². The van der Waals surface area contributed by atoms with Crippen LogP contribution in [0.15, 0.2) is 321 Å². The molecule has 3 aliphatic carbocycles. The summed E-state index contributed by atoms with van der Waals surface area (Å²) in [5.74, 6) is 3.46. The van der Waals surface area contributed by atoms with Gasteiger partial charge in [-0.05, 0) is 162 Å². The van der Waals surface area contributed by atoms with Crippen molar-refractivity contribution in [1.82, 2.24) is 9.38 Å². The molecular formula is C91H58N4O2. The van der Waals surface area contributed by atoms with E-state index in [1.54, 1.807) is 0 Å². The molecule has 6 heteroatoms. The molecule has 0 amide bonds. The van der Waals surface area contributed by atoms with Gasteiger partial charge < -0.3 is 14.9 Å². The molecular weight excluding hydrogens is 1180 g/mol. The summed E-state index contributed by atoms with van der Waals surface area (Å²) in [5, 5.41) is 22.8. The predicted octanol–water partition coefficient (Wildman–Crippen LogP) is 22.3. The van der Waals surface area contributed by atoms with E-state index in [0.717, 1.165) is 141 Å². The molecule has 1 atom stereocenters. The zero-order valence-electron chi connectivity index (χ0n) is 52.6. The second kappa shape index (κ2) is 21.0. The van der Waals surface area contributed by atoms with Gasteiger partial charge in [-0.2, -0.15) is 0 Å². The summed E-state index contributed by atoms with van der Waals surface area (Å²) < 4.78 is 16.1. The van der Waals surface area contributed by atoms with Crippen LogP contribution in [0.4, 0.5) is 0 Å². The Balaban J connectivity index is 0.642. The molecule has 1 unspecified atom stereocenters. The third kappa shape index (κ3) is 7.93. The minimum Gasteiger partial charge on any atom is -0.457 e. The van der Waals surface area contributed by atoms with Crippen molar-refractivity contribution in [2.45, 2.75) is 23.7 Å². The Morgan fingerprint density at radius 3 is 1.55 bits per heavy atom. The summed E-state index contributed by atoms with van der Waals surface area (Å²) in [6.45, 7) is 0. The van der Waals surface area contributed by atoms with Crippen molar-refractivity contribution < 1.29 is 9.47 Å². The lowest BCUT2D eigenvalue weighted by Gasteiger charge is -2.40. The maximum absolute atomic E-state index is 9.88. The van der Waals surface area contributed by atoms with Gasteiger partial charge in [0.2, 0.25) is 0 Å². The average Bonchev–Trinajstić information content (AvgIpc) is 1.57. The van der Waals surface area contributed by atoms with Gasteiger partial charge in [0.25, 0.3) is 0 Å². The molecule has 13 aromatic carbocycles. The lowest BCUT2D eigenvalue weighted by Crippen LogP contribution is -2.33. The summed E-state index contributed by atoms with van der Waals surface area (Å²) in [7, 11) is 0. The highest BCUT2D eigenvalue weighted by atomic mass is 16.5. The Morgan fingerprint density at radius 1 is 0.381 bits per heavy atom. The lowest BCUT2D eigenvalue weighted by atomic mass is 9.64.